The molecule has 9 heteroatoms. The summed E-state index contributed by atoms with van der Waals surface area (Å²) in [5, 5.41) is 21.0. The minimum atomic E-state index is -0.873. The van der Waals surface area contributed by atoms with Crippen LogP contribution in [-0.2, 0) is 9.59 Å². The lowest BCUT2D eigenvalue weighted by molar-refractivity contribution is -0.136. The first kappa shape index (κ1) is 20.6. The van der Waals surface area contributed by atoms with E-state index in [0.29, 0.717) is 5.02 Å². The fraction of sp³-hybridized carbons (Fsp3) is 0.200. The van der Waals surface area contributed by atoms with E-state index < -0.39 is 11.8 Å². The first-order valence-corrected chi connectivity index (χ1v) is 9.99. The Kier molecular flexibility index (Phi) is 6.32. The van der Waals surface area contributed by atoms with E-state index in [9.17, 15) is 9.59 Å². The molecular weight excluding hydrogens is 410 g/mol. The van der Waals surface area contributed by atoms with Gasteiger partial charge in [0.05, 0.1) is 16.9 Å². The fourth-order valence-corrected chi connectivity index (χ4v) is 3.90. The summed E-state index contributed by atoms with van der Waals surface area (Å²) < 4.78 is 1.84. The van der Waals surface area contributed by atoms with Gasteiger partial charge in [0.15, 0.2) is 0 Å². The predicted molar refractivity (Wildman–Crippen MR) is 112 cm³/mol. The Morgan fingerprint density at radius 2 is 2.07 bits per heavy atom. The molecule has 2 heterocycles. The molecule has 0 aliphatic rings. The van der Waals surface area contributed by atoms with Crippen molar-refractivity contribution in [3.8, 4) is 6.07 Å². The minimum Gasteiger partial charge on any atom is -0.345 e. The standard InChI is InChI=1S/C20H18ClN5O2S/c1-12-8-13(2)26(25-12)17(18-4-3-7-29-18)11-23-19(27)20(28)24-16-9-15(21)6-5-14(16)10-22/h3-9,17H,11H2,1-2H3,(H,23,27)(H,24,28). The van der Waals surface area contributed by atoms with Crippen LogP contribution in [0.15, 0.2) is 41.8 Å². The topological polar surface area (TPSA) is 99.8 Å². The Balaban J connectivity index is 1.72. The first-order valence-electron chi connectivity index (χ1n) is 8.74. The van der Waals surface area contributed by atoms with Crippen molar-refractivity contribution < 1.29 is 9.59 Å². The van der Waals surface area contributed by atoms with Gasteiger partial charge in [0.1, 0.15) is 12.1 Å². The Labute approximate surface area is 176 Å². The van der Waals surface area contributed by atoms with Crippen LogP contribution in [-0.4, -0.2) is 28.1 Å². The van der Waals surface area contributed by atoms with E-state index in [1.54, 1.807) is 11.3 Å². The van der Waals surface area contributed by atoms with Crippen LogP contribution in [0.2, 0.25) is 5.02 Å². The highest BCUT2D eigenvalue weighted by molar-refractivity contribution is 7.10. The molecule has 0 fully saturated rings. The molecule has 2 amide bonds. The van der Waals surface area contributed by atoms with Crippen molar-refractivity contribution in [1.29, 1.82) is 5.26 Å². The van der Waals surface area contributed by atoms with Crippen molar-refractivity contribution in [3.63, 3.8) is 0 Å². The smallest absolute Gasteiger partial charge is 0.313 e. The molecule has 29 heavy (non-hydrogen) atoms. The minimum absolute atomic E-state index is 0.188. The summed E-state index contributed by atoms with van der Waals surface area (Å²) >= 11 is 7.46. The van der Waals surface area contributed by atoms with Crippen LogP contribution in [0.4, 0.5) is 5.69 Å². The monoisotopic (exact) mass is 427 g/mol. The molecular formula is C20H18ClN5O2S. The van der Waals surface area contributed by atoms with Crippen LogP contribution in [0.25, 0.3) is 0 Å². The highest BCUT2D eigenvalue weighted by Crippen LogP contribution is 2.24. The number of hydrogen-bond donors (Lipinski definition) is 2. The summed E-state index contributed by atoms with van der Waals surface area (Å²) in [5.41, 5.74) is 2.23. The Morgan fingerprint density at radius 1 is 1.28 bits per heavy atom. The Morgan fingerprint density at radius 3 is 2.69 bits per heavy atom. The van der Waals surface area contributed by atoms with Gasteiger partial charge in [0.25, 0.3) is 0 Å². The summed E-state index contributed by atoms with van der Waals surface area (Å²) in [4.78, 5) is 25.7. The third-order valence-corrected chi connectivity index (χ3v) is 5.43. The summed E-state index contributed by atoms with van der Waals surface area (Å²) in [6.07, 6.45) is 0. The third-order valence-electron chi connectivity index (χ3n) is 4.22. The van der Waals surface area contributed by atoms with Gasteiger partial charge in [-0.25, -0.2) is 0 Å². The van der Waals surface area contributed by atoms with Gasteiger partial charge in [-0.15, -0.1) is 11.3 Å². The van der Waals surface area contributed by atoms with Gasteiger partial charge in [-0.1, -0.05) is 17.7 Å². The van der Waals surface area contributed by atoms with E-state index in [-0.39, 0.29) is 23.8 Å². The molecule has 0 aliphatic heterocycles. The SMILES string of the molecule is Cc1cc(C)n(C(CNC(=O)C(=O)Nc2cc(Cl)ccc2C#N)c2cccs2)n1. The molecule has 7 nitrogen and oxygen atoms in total. The van der Waals surface area contributed by atoms with Crippen molar-refractivity contribution >= 4 is 40.4 Å². The maximum absolute atomic E-state index is 12.4. The van der Waals surface area contributed by atoms with Gasteiger partial charge < -0.3 is 10.6 Å². The number of nitriles is 1. The molecule has 3 rings (SSSR count). The van der Waals surface area contributed by atoms with Crippen LogP contribution in [0.5, 0.6) is 0 Å². The zero-order valence-electron chi connectivity index (χ0n) is 15.8. The summed E-state index contributed by atoms with van der Waals surface area (Å²) in [5.74, 6) is -1.68. The van der Waals surface area contributed by atoms with Gasteiger partial charge >= 0.3 is 11.8 Å². The largest absolute Gasteiger partial charge is 0.345 e. The van der Waals surface area contributed by atoms with E-state index in [4.69, 9.17) is 16.9 Å². The molecule has 148 valence electrons. The van der Waals surface area contributed by atoms with Gasteiger partial charge in [0, 0.05) is 22.1 Å². The van der Waals surface area contributed by atoms with E-state index >= 15 is 0 Å². The van der Waals surface area contributed by atoms with Crippen LogP contribution in [0.1, 0.15) is 27.9 Å². The number of anilines is 1. The molecule has 0 radical (unpaired) electrons. The highest BCUT2D eigenvalue weighted by atomic mass is 35.5. The summed E-state index contributed by atoms with van der Waals surface area (Å²) in [7, 11) is 0. The maximum Gasteiger partial charge on any atom is 0.313 e. The zero-order valence-corrected chi connectivity index (χ0v) is 17.3. The number of rotatable bonds is 5. The number of carbonyl (C=O) groups excluding carboxylic acids is 2. The van der Waals surface area contributed by atoms with Crippen molar-refractivity contribution in [2.75, 3.05) is 11.9 Å². The van der Waals surface area contributed by atoms with Gasteiger partial charge in [-0.2, -0.15) is 10.4 Å². The van der Waals surface area contributed by atoms with Crippen molar-refractivity contribution in [1.82, 2.24) is 15.1 Å². The van der Waals surface area contributed by atoms with Gasteiger partial charge in [0.2, 0.25) is 0 Å². The van der Waals surface area contributed by atoms with E-state index in [2.05, 4.69) is 15.7 Å². The van der Waals surface area contributed by atoms with Crippen LogP contribution >= 0.6 is 22.9 Å². The number of carbonyl (C=O) groups is 2. The average molecular weight is 428 g/mol. The lowest BCUT2D eigenvalue weighted by atomic mass is 10.2. The van der Waals surface area contributed by atoms with Crippen molar-refractivity contribution in [2.24, 2.45) is 0 Å². The third kappa shape index (κ3) is 4.83. The summed E-state index contributed by atoms with van der Waals surface area (Å²) in [6, 6.07) is 12.0. The van der Waals surface area contributed by atoms with Crippen LogP contribution in [0.3, 0.4) is 0 Å². The van der Waals surface area contributed by atoms with E-state index in [0.717, 1.165) is 16.3 Å². The Bertz CT molecular complexity index is 1080. The number of nitrogens with zero attached hydrogens (tertiary/aromatic N) is 3. The molecule has 1 unspecified atom stereocenters. The molecule has 0 aliphatic carbocycles. The number of aromatic nitrogens is 2. The molecule has 2 aromatic heterocycles. The van der Waals surface area contributed by atoms with Gasteiger partial charge in [-0.3, -0.25) is 14.3 Å². The quantitative estimate of drug-likeness (QED) is 0.609. The lowest BCUT2D eigenvalue weighted by Gasteiger charge is -2.19. The number of thiophene rings is 1. The number of benzene rings is 1. The second-order valence-corrected chi connectivity index (χ2v) is 7.78. The van der Waals surface area contributed by atoms with Crippen LogP contribution < -0.4 is 10.6 Å². The molecule has 0 saturated heterocycles. The Hall–Kier alpha value is -3.15. The number of halogens is 1. The van der Waals surface area contributed by atoms with Crippen molar-refractivity contribution in [2.45, 2.75) is 19.9 Å². The summed E-state index contributed by atoms with van der Waals surface area (Å²) in [6.45, 7) is 4.03. The molecule has 3 aromatic rings. The maximum atomic E-state index is 12.4. The molecule has 2 N–H and O–H groups in total. The second-order valence-electron chi connectivity index (χ2n) is 6.37. The normalized spacial score (nSPS) is 11.5. The van der Waals surface area contributed by atoms with E-state index in [1.807, 2.05) is 48.2 Å². The second kappa shape index (κ2) is 8.90. The number of amides is 2. The first-order chi connectivity index (χ1) is 13.9. The average Bonchev–Trinajstić information content (AvgIpc) is 3.32. The fourth-order valence-electron chi connectivity index (χ4n) is 2.92. The molecule has 0 spiro atoms. The molecule has 0 bridgehead atoms. The lowest BCUT2D eigenvalue weighted by Crippen LogP contribution is -2.39. The van der Waals surface area contributed by atoms with Crippen LogP contribution in [0, 0.1) is 25.2 Å². The molecule has 0 saturated carbocycles. The number of nitrogens with one attached hydrogen (secondary N) is 2. The molecule has 1 atom stereocenters. The highest BCUT2D eigenvalue weighted by Gasteiger charge is 2.22. The van der Waals surface area contributed by atoms with Gasteiger partial charge in [-0.05, 0) is 49.6 Å². The van der Waals surface area contributed by atoms with E-state index in [1.165, 1.54) is 18.2 Å². The predicted octanol–water partition coefficient (Wildman–Crippen LogP) is 3.43. The number of aryl methyl sites for hydroxylation is 2. The molecule has 1 aromatic carbocycles. The zero-order chi connectivity index (χ0) is 21.0. The number of hydrogen-bond acceptors (Lipinski definition) is 5. The van der Waals surface area contributed by atoms with Crippen molar-refractivity contribution in [3.05, 3.63) is 68.6 Å².